The second-order valence-electron chi connectivity index (χ2n) is 35.5. The molecule has 9 heterocycles. The molecule has 9 aromatic carbocycles. The maximum Gasteiger partial charge on any atom is 0.488 e. The first kappa shape index (κ1) is 107. The van der Waals surface area contributed by atoms with Crippen LogP contribution in [-0.4, -0.2) is 232 Å². The number of carbonyl (C=O) groups excluding carboxylic acids is 8. The van der Waals surface area contributed by atoms with Crippen molar-refractivity contribution >= 4 is 166 Å². The van der Waals surface area contributed by atoms with Crippen LogP contribution in [0.15, 0.2) is 221 Å². The first-order valence-corrected chi connectivity index (χ1v) is 50.2. The molecule has 0 aliphatic carbocycles. The van der Waals surface area contributed by atoms with E-state index in [0.717, 1.165) is 112 Å². The Hall–Kier alpha value is -13.3. The van der Waals surface area contributed by atoms with E-state index in [1.807, 2.05) is 139 Å². The molecule has 18 rings (SSSR count). The quantitative estimate of drug-likeness (QED) is 0.0168. The number of piperazine rings is 3. The largest absolute Gasteiger partial charge is 0.508 e. The number of halogens is 6. The molecule has 0 unspecified atom stereocenters. The van der Waals surface area contributed by atoms with Crippen LogP contribution in [-0.2, 0) is 53.0 Å². The number of phenols is 1. The van der Waals surface area contributed by atoms with Crippen molar-refractivity contribution in [2.45, 2.75) is 90.5 Å². The summed E-state index contributed by atoms with van der Waals surface area (Å²) >= 11 is 16.6. The van der Waals surface area contributed by atoms with Crippen LogP contribution in [0, 0.1) is 17.5 Å². The van der Waals surface area contributed by atoms with Crippen molar-refractivity contribution in [2.24, 2.45) is 0 Å². The van der Waals surface area contributed by atoms with E-state index in [0.29, 0.717) is 76.8 Å². The van der Waals surface area contributed by atoms with Crippen LogP contribution >= 0.6 is 73.1 Å². The lowest BCUT2D eigenvalue weighted by molar-refractivity contribution is -0.121. The molecule has 3 fully saturated rings. The number of ether oxygens (including phenoxy) is 6. The van der Waals surface area contributed by atoms with Gasteiger partial charge >= 0.3 is 19.3 Å². The highest BCUT2D eigenvalue weighted by Crippen LogP contribution is 2.44. The van der Waals surface area contributed by atoms with Crippen molar-refractivity contribution in [1.82, 2.24) is 44.8 Å². The van der Waals surface area contributed by atoms with Gasteiger partial charge in [-0.2, -0.15) is 0 Å². The van der Waals surface area contributed by atoms with Crippen molar-refractivity contribution in [2.75, 3.05) is 142 Å². The van der Waals surface area contributed by atoms with Crippen LogP contribution in [0.25, 0.3) is 22.3 Å². The van der Waals surface area contributed by atoms with Crippen molar-refractivity contribution in [3.05, 3.63) is 289 Å². The van der Waals surface area contributed by atoms with Gasteiger partial charge in [0.1, 0.15) is 64.0 Å². The summed E-state index contributed by atoms with van der Waals surface area (Å²) in [6, 6.07) is 47.6. The minimum atomic E-state index is -1.45. The summed E-state index contributed by atoms with van der Waals surface area (Å²) in [7, 11) is 1.46. The van der Waals surface area contributed by atoms with E-state index >= 15 is 0 Å². The lowest BCUT2D eigenvalue weighted by Gasteiger charge is -2.36. The van der Waals surface area contributed by atoms with Crippen molar-refractivity contribution in [1.29, 1.82) is 0 Å². The average molecular weight is 2130 g/mol. The number of carbonyl (C=O) groups is 8. The molecule has 3 saturated heterocycles. The Morgan fingerprint density at radius 3 is 1.14 bits per heavy atom. The van der Waals surface area contributed by atoms with Gasteiger partial charge in [-0.3, -0.25) is 44.7 Å². The smallest absolute Gasteiger partial charge is 0.488 e. The van der Waals surface area contributed by atoms with Gasteiger partial charge in [0.05, 0.1) is 5.34 Å². The lowest BCUT2D eigenvalue weighted by Crippen LogP contribution is -2.50. The SMILES string of the molecule is CC(C)(C)OC(=O)N1CCN(c2ccc(B(O)O)cc2)CC1.COCOc1ccc(F)cc1[C@H](C(=O)Nc1nccs1)N1Cc2ccc(-c3ccc(N4CCN(C(=O)OC(C)(C)C)CC4)cc3)cc2C1=O.COCOc1ccc(F)cc1[C@H](C(=O)Nc1nccs1)N1Cc2ccc(Br)cc2C1=O.ClCCl.O=C(Nc1nccs1)[C@@H](c1cc(F)ccc1O)N1Cc2ccc(-c3ccc(N4CCNCC4)cc3)cc2C1=O. The Morgan fingerprint density at radius 2 is 0.785 bits per heavy atom. The Morgan fingerprint density at radius 1 is 0.451 bits per heavy atom. The van der Waals surface area contributed by atoms with E-state index in [1.165, 1.54) is 105 Å². The minimum absolute atomic E-state index is 0.00828. The van der Waals surface area contributed by atoms with Crippen LogP contribution < -0.4 is 50.9 Å². The molecule has 8 amide bonds. The summed E-state index contributed by atoms with van der Waals surface area (Å²) in [6.45, 7) is 20.4. The van der Waals surface area contributed by atoms with Crippen LogP contribution in [0.4, 0.5) is 55.2 Å². The van der Waals surface area contributed by atoms with Crippen LogP contribution in [0.5, 0.6) is 17.2 Å². The molecular weight excluding hydrogens is 2020 g/mol. The Balaban J connectivity index is 0.000000156. The summed E-state index contributed by atoms with van der Waals surface area (Å²) < 4.78 is 76.0. The lowest BCUT2D eigenvalue weighted by atomic mass is 9.80. The highest BCUT2D eigenvalue weighted by molar-refractivity contribution is 9.10. The summed E-state index contributed by atoms with van der Waals surface area (Å²) in [5.41, 5.74) is 10.4. The van der Waals surface area contributed by atoms with E-state index in [-0.39, 0.29) is 102 Å². The van der Waals surface area contributed by atoms with Crippen LogP contribution in [0.1, 0.15) is 124 Å². The molecule has 754 valence electrons. The Kier molecular flexibility index (Phi) is 36.2. The second kappa shape index (κ2) is 48.9. The predicted molar refractivity (Wildman–Crippen MR) is 552 cm³/mol. The zero-order valence-corrected chi connectivity index (χ0v) is 85.3. The number of fused-ring (bicyclic) bond motifs is 3. The molecule has 32 nitrogen and oxygen atoms in total. The number of nitrogens with zero attached hydrogens (tertiary/aromatic N) is 11. The number of anilines is 6. The molecule has 0 bridgehead atoms. The van der Waals surface area contributed by atoms with Gasteiger partial charge in [-0.25, -0.2) is 37.7 Å². The molecule has 7 N–H and O–H groups in total. The van der Waals surface area contributed by atoms with E-state index in [2.05, 4.69) is 79.0 Å². The highest BCUT2D eigenvalue weighted by Gasteiger charge is 2.44. The number of benzene rings is 9. The summed E-state index contributed by atoms with van der Waals surface area (Å²) in [6.07, 6.45) is 4.09. The van der Waals surface area contributed by atoms with Gasteiger partial charge < -0.3 is 88.1 Å². The number of methoxy groups -OCH3 is 2. The Labute approximate surface area is 860 Å². The summed E-state index contributed by atoms with van der Waals surface area (Å²) in [5, 5.41) is 46.7. The number of phenolic OH excluding ortho intramolecular Hbond substituents is 1. The van der Waals surface area contributed by atoms with E-state index in [1.54, 1.807) is 62.7 Å². The minimum Gasteiger partial charge on any atom is -0.508 e. The molecule has 3 atom stereocenters. The fourth-order valence-electron chi connectivity index (χ4n) is 16.8. The van der Waals surface area contributed by atoms with Crippen LogP contribution in [0.2, 0.25) is 0 Å². The van der Waals surface area contributed by atoms with Gasteiger partial charge in [0.15, 0.2) is 29.0 Å². The molecule has 6 aliphatic rings. The maximum atomic E-state index is 14.7. The number of hydrogen-bond acceptors (Lipinski definition) is 27. The molecule has 0 saturated carbocycles. The van der Waals surface area contributed by atoms with Crippen molar-refractivity contribution in [3.63, 3.8) is 0 Å². The summed E-state index contributed by atoms with van der Waals surface area (Å²) in [5.74, 6) is -4.29. The number of hydrogen-bond donors (Lipinski definition) is 7. The molecule has 6 aliphatic heterocycles. The number of rotatable bonds is 24. The molecule has 3 aromatic heterocycles. The summed E-state index contributed by atoms with van der Waals surface area (Å²) in [4.78, 5) is 133. The standard InChI is InChI=1S/C36H38FN5O6S.C29H26FN5O3S.C21H17BrFN3O4S.C15H23BN2O4.CH2Cl2/c1-36(2,3)48-35(45)41-16-14-40(15-17-41)27-10-7-23(8-11-27)24-5-6-25-21-42(33(44)28(25)19-24)31(32(43)39-34-38-13-18-49-34)29-20-26(37)9-12-30(29)47-22-46-4;30-21-5-8-25(36)24(16-21)26(27(37)33-29-32-11-14-39-29)35-17-20-2-1-19(15-23(20)28(35)38)18-3-6-22(7-4-18)34-12-9-31-10-13-34;1-29-11-30-17-5-4-14(23)9-16(17)18(19(27)25-21-24-6-7-31-21)26-10-12-2-3-13(22)8-15(12)20(26)28;1-15(2,3)22-14(19)18-10-8-17(9-11-18)13-6-4-12(5-7-13)16(20)21;2-1-3/h5-13,18-20,31H,14-17,21-22H2,1-4H3,(H,38,39,43);1-8,11,14-16,26,31,36H,9-10,12-13,17H2,(H,32,33,37);2-9,18H,10-11H2,1H3,(H,24,25,27);4-7,20-21H,8-11H2,1-3H3;1H2/t31-;26-;18-;;/m111../s1. The average Bonchev–Trinajstić information content (AvgIpc) is 1.70. The number of nitrogens with one attached hydrogen (secondary N) is 4. The van der Waals surface area contributed by atoms with Gasteiger partial charge in [0.2, 0.25) is 0 Å². The highest BCUT2D eigenvalue weighted by atomic mass is 79.9. The fraction of sp³-hybridized carbons (Fsp3) is 0.304. The zero-order valence-electron chi connectivity index (χ0n) is 79.8. The van der Waals surface area contributed by atoms with Gasteiger partial charge in [-0.1, -0.05) is 82.7 Å². The number of thiazole rings is 3. The molecule has 144 heavy (non-hydrogen) atoms. The number of aromatic hydroxyl groups is 1. The monoisotopic (exact) mass is 2130 g/mol. The maximum absolute atomic E-state index is 14.7. The molecule has 12 aromatic rings. The topological polar surface area (TPSA) is 365 Å². The second-order valence-corrected chi connectivity index (χ2v) is 39.9. The number of amides is 8. The van der Waals surface area contributed by atoms with Gasteiger partial charge in [-0.15, -0.1) is 57.2 Å². The zero-order chi connectivity index (χ0) is 103. The predicted octanol–water partition coefficient (Wildman–Crippen LogP) is 16.9. The molecule has 0 radical (unpaired) electrons. The first-order valence-electron chi connectivity index (χ1n) is 45.7. The van der Waals surface area contributed by atoms with Gasteiger partial charge in [0, 0.05) is 202 Å². The van der Waals surface area contributed by atoms with Crippen LogP contribution in [0.3, 0.4) is 0 Å². The molecule has 42 heteroatoms. The van der Waals surface area contributed by atoms with Crippen molar-refractivity contribution < 1.29 is 95.1 Å². The van der Waals surface area contributed by atoms with E-state index in [9.17, 15) is 56.6 Å². The normalized spacial score (nSPS) is 14.9. The number of aromatic nitrogens is 3. The third-order valence-electron chi connectivity index (χ3n) is 23.6. The fourth-order valence-corrected chi connectivity index (χ4v) is 18.8. The van der Waals surface area contributed by atoms with Gasteiger partial charge in [-0.05, 0) is 201 Å². The third kappa shape index (κ3) is 27.2. The number of alkyl halides is 2. The van der Waals surface area contributed by atoms with E-state index < -0.39 is 71.6 Å². The van der Waals surface area contributed by atoms with Gasteiger partial charge in [0.25, 0.3) is 35.4 Å². The first-order chi connectivity index (χ1) is 69.1. The third-order valence-corrected chi connectivity index (χ3v) is 26.2. The molecule has 0 spiro atoms. The van der Waals surface area contributed by atoms with Crippen molar-refractivity contribution in [3.8, 4) is 39.5 Å². The van der Waals surface area contributed by atoms with E-state index in [4.69, 9.17) is 61.7 Å². The molecular formula is C102H106BBrCl2F3N15O17S3. The Bertz CT molecular complexity index is 6490.